The standard InChI is InChI=1S/C16H21F3N6O/c1-10(8-25-13(16(17,18)19)5-11(2)23-25)6-21-15(26)12-9-24-4-3-20-7-14(24)22-12/h5,9-10,20H,3-4,6-8H2,1-2H3,(H,21,26)/t10-/m0/s1. The lowest BCUT2D eigenvalue weighted by atomic mass is 10.2. The summed E-state index contributed by atoms with van der Waals surface area (Å²) in [6.07, 6.45) is -2.75. The first-order valence-corrected chi connectivity index (χ1v) is 8.40. The number of nitrogens with one attached hydrogen (secondary N) is 2. The van der Waals surface area contributed by atoms with Crippen LogP contribution in [0.2, 0.25) is 0 Å². The van der Waals surface area contributed by atoms with Crippen LogP contribution in [0.4, 0.5) is 13.2 Å². The van der Waals surface area contributed by atoms with E-state index in [0.717, 1.165) is 29.7 Å². The third-order valence-electron chi connectivity index (χ3n) is 4.19. The van der Waals surface area contributed by atoms with Crippen molar-refractivity contribution in [2.75, 3.05) is 13.1 Å². The molecular weight excluding hydrogens is 349 g/mol. The molecule has 10 heteroatoms. The number of carbonyl (C=O) groups excluding carboxylic acids is 1. The number of fused-ring (bicyclic) bond motifs is 1. The summed E-state index contributed by atoms with van der Waals surface area (Å²) in [5.74, 6) is 0.251. The molecule has 2 N–H and O–H groups in total. The number of carbonyl (C=O) groups is 1. The molecule has 0 spiro atoms. The number of rotatable bonds is 5. The summed E-state index contributed by atoms with van der Waals surface area (Å²) in [4.78, 5) is 16.5. The van der Waals surface area contributed by atoms with E-state index in [0.29, 0.717) is 17.9 Å². The Kier molecular flexibility index (Phi) is 5.03. The number of imidazole rings is 1. The van der Waals surface area contributed by atoms with Gasteiger partial charge >= 0.3 is 6.18 Å². The number of amides is 1. The number of aryl methyl sites for hydroxylation is 1. The molecule has 0 unspecified atom stereocenters. The van der Waals surface area contributed by atoms with Gasteiger partial charge in [-0.2, -0.15) is 18.3 Å². The highest BCUT2D eigenvalue weighted by molar-refractivity contribution is 5.92. The molecular formula is C16H21F3N6O. The van der Waals surface area contributed by atoms with Gasteiger partial charge in [0, 0.05) is 32.4 Å². The maximum Gasteiger partial charge on any atom is 0.433 e. The summed E-state index contributed by atoms with van der Waals surface area (Å²) in [5.41, 5.74) is -0.143. The molecule has 142 valence electrons. The average molecular weight is 370 g/mol. The van der Waals surface area contributed by atoms with Gasteiger partial charge in [0.25, 0.3) is 5.91 Å². The van der Waals surface area contributed by atoms with Crippen LogP contribution in [-0.4, -0.2) is 38.3 Å². The van der Waals surface area contributed by atoms with Gasteiger partial charge in [-0.15, -0.1) is 0 Å². The summed E-state index contributed by atoms with van der Waals surface area (Å²) in [6, 6.07) is 1.02. The molecule has 3 rings (SSSR count). The van der Waals surface area contributed by atoms with Crippen LogP contribution < -0.4 is 10.6 Å². The molecule has 0 fully saturated rings. The highest BCUT2D eigenvalue weighted by Crippen LogP contribution is 2.30. The maximum absolute atomic E-state index is 13.0. The van der Waals surface area contributed by atoms with Crippen molar-refractivity contribution in [1.82, 2.24) is 30.0 Å². The fourth-order valence-electron chi connectivity index (χ4n) is 2.93. The quantitative estimate of drug-likeness (QED) is 0.838. The van der Waals surface area contributed by atoms with Gasteiger partial charge in [-0.1, -0.05) is 6.92 Å². The normalized spacial score (nSPS) is 15.6. The fourth-order valence-corrected chi connectivity index (χ4v) is 2.93. The Labute approximate surface area is 148 Å². The van der Waals surface area contributed by atoms with Crippen molar-refractivity contribution in [3.05, 3.63) is 35.2 Å². The first kappa shape index (κ1) is 18.4. The lowest BCUT2D eigenvalue weighted by Crippen LogP contribution is -2.31. The van der Waals surface area contributed by atoms with Gasteiger partial charge in [0.15, 0.2) is 0 Å². The van der Waals surface area contributed by atoms with Gasteiger partial charge in [0.1, 0.15) is 17.2 Å². The lowest BCUT2D eigenvalue weighted by Gasteiger charge is -2.15. The number of hydrogen-bond donors (Lipinski definition) is 2. The third-order valence-corrected chi connectivity index (χ3v) is 4.19. The van der Waals surface area contributed by atoms with Crippen molar-refractivity contribution >= 4 is 5.91 Å². The van der Waals surface area contributed by atoms with E-state index in [1.54, 1.807) is 13.1 Å². The van der Waals surface area contributed by atoms with Gasteiger partial charge in [-0.3, -0.25) is 9.48 Å². The van der Waals surface area contributed by atoms with Gasteiger partial charge in [0.05, 0.1) is 12.2 Å². The summed E-state index contributed by atoms with van der Waals surface area (Å²) in [7, 11) is 0. The number of aromatic nitrogens is 4. The van der Waals surface area contributed by atoms with Gasteiger partial charge in [0.2, 0.25) is 0 Å². The van der Waals surface area contributed by atoms with Crippen molar-refractivity contribution < 1.29 is 18.0 Å². The molecule has 3 heterocycles. The monoisotopic (exact) mass is 370 g/mol. The molecule has 0 bridgehead atoms. The van der Waals surface area contributed by atoms with Gasteiger partial charge < -0.3 is 15.2 Å². The number of hydrogen-bond acceptors (Lipinski definition) is 4. The summed E-state index contributed by atoms with van der Waals surface area (Å²) < 4.78 is 41.9. The Morgan fingerprint density at radius 1 is 1.46 bits per heavy atom. The predicted octanol–water partition coefficient (Wildman–Crippen LogP) is 1.58. The molecule has 1 aliphatic rings. The van der Waals surface area contributed by atoms with Crippen molar-refractivity contribution in [3.63, 3.8) is 0 Å². The van der Waals surface area contributed by atoms with E-state index in [1.807, 2.05) is 4.57 Å². The zero-order valence-corrected chi connectivity index (χ0v) is 14.6. The van der Waals surface area contributed by atoms with Crippen LogP contribution in [-0.2, 0) is 25.8 Å². The van der Waals surface area contributed by atoms with E-state index >= 15 is 0 Å². The van der Waals surface area contributed by atoms with Crippen LogP contribution in [0, 0.1) is 12.8 Å². The highest BCUT2D eigenvalue weighted by atomic mass is 19.4. The van der Waals surface area contributed by atoms with E-state index in [4.69, 9.17) is 0 Å². The van der Waals surface area contributed by atoms with Crippen LogP contribution in [0.25, 0.3) is 0 Å². The van der Waals surface area contributed by atoms with Gasteiger partial charge in [-0.05, 0) is 18.9 Å². The van der Waals surface area contributed by atoms with E-state index in [9.17, 15) is 18.0 Å². The van der Waals surface area contributed by atoms with Crippen molar-refractivity contribution in [2.45, 2.75) is 39.7 Å². The minimum Gasteiger partial charge on any atom is -0.350 e. The third kappa shape index (κ3) is 4.06. The first-order valence-electron chi connectivity index (χ1n) is 8.40. The Hall–Kier alpha value is -2.36. The molecule has 0 radical (unpaired) electrons. The van der Waals surface area contributed by atoms with E-state index in [-0.39, 0.29) is 24.9 Å². The second-order valence-electron chi connectivity index (χ2n) is 6.58. The smallest absolute Gasteiger partial charge is 0.350 e. The first-order chi connectivity index (χ1) is 12.2. The van der Waals surface area contributed by atoms with Crippen molar-refractivity contribution in [1.29, 1.82) is 0 Å². The summed E-state index contributed by atoms with van der Waals surface area (Å²) in [5, 5.41) is 9.82. The molecule has 2 aromatic heterocycles. The minimum atomic E-state index is -4.45. The van der Waals surface area contributed by atoms with E-state index in [1.165, 1.54) is 6.92 Å². The van der Waals surface area contributed by atoms with Crippen molar-refractivity contribution in [3.8, 4) is 0 Å². The van der Waals surface area contributed by atoms with E-state index < -0.39 is 11.9 Å². The molecule has 0 saturated heterocycles. The molecule has 0 aliphatic carbocycles. The van der Waals surface area contributed by atoms with Crippen LogP contribution in [0.5, 0.6) is 0 Å². The van der Waals surface area contributed by atoms with Gasteiger partial charge in [-0.25, -0.2) is 4.98 Å². The van der Waals surface area contributed by atoms with Crippen LogP contribution in [0.3, 0.4) is 0 Å². The molecule has 0 aromatic carbocycles. The van der Waals surface area contributed by atoms with Crippen LogP contribution in [0.1, 0.15) is 34.6 Å². The molecule has 0 saturated carbocycles. The van der Waals surface area contributed by atoms with E-state index in [2.05, 4.69) is 20.7 Å². The SMILES string of the molecule is Cc1cc(C(F)(F)F)n(C[C@@H](C)CNC(=O)c2cn3c(n2)CNCC3)n1. The number of nitrogens with zero attached hydrogens (tertiary/aromatic N) is 4. The predicted molar refractivity (Wildman–Crippen MR) is 87.4 cm³/mol. The fraction of sp³-hybridized carbons (Fsp3) is 0.562. The molecule has 7 nitrogen and oxygen atoms in total. The Morgan fingerprint density at radius 2 is 2.23 bits per heavy atom. The Bertz CT molecular complexity index is 771. The number of halogens is 3. The second kappa shape index (κ2) is 7.10. The average Bonchev–Trinajstić information content (AvgIpc) is 3.15. The zero-order valence-electron chi connectivity index (χ0n) is 14.6. The molecule has 1 atom stereocenters. The molecule has 1 amide bonds. The zero-order chi connectivity index (χ0) is 18.9. The largest absolute Gasteiger partial charge is 0.433 e. The Balaban J connectivity index is 1.58. The van der Waals surface area contributed by atoms with Crippen LogP contribution in [0.15, 0.2) is 12.3 Å². The maximum atomic E-state index is 13.0. The number of alkyl halides is 3. The van der Waals surface area contributed by atoms with Crippen molar-refractivity contribution in [2.24, 2.45) is 5.92 Å². The van der Waals surface area contributed by atoms with Crippen LogP contribution >= 0.6 is 0 Å². The Morgan fingerprint density at radius 3 is 2.92 bits per heavy atom. The minimum absolute atomic E-state index is 0.0621. The lowest BCUT2D eigenvalue weighted by molar-refractivity contribution is -0.144. The topological polar surface area (TPSA) is 76.8 Å². The molecule has 1 aliphatic heterocycles. The molecule has 2 aromatic rings. The highest BCUT2D eigenvalue weighted by Gasteiger charge is 2.35. The summed E-state index contributed by atoms with van der Waals surface area (Å²) >= 11 is 0. The summed E-state index contributed by atoms with van der Waals surface area (Å²) in [6.45, 7) is 5.77. The second-order valence-corrected chi connectivity index (χ2v) is 6.58. The molecule has 26 heavy (non-hydrogen) atoms.